The number of aliphatic hydroxyl groups is 1. The molecule has 1 atom stereocenters. The number of amides is 2. The number of carbonyl (C=O) groups excluding carboxylic acids is 1. The van der Waals surface area contributed by atoms with E-state index in [9.17, 15) is 14.3 Å². The van der Waals surface area contributed by atoms with Crippen LogP contribution in [0.1, 0.15) is 6.42 Å². The highest BCUT2D eigenvalue weighted by atomic mass is 35.5. The van der Waals surface area contributed by atoms with Crippen LogP contribution in [-0.4, -0.2) is 34.8 Å². The largest absolute Gasteiger partial charge is 0.387 e. The SMILES string of the molecule is O=C(NCC1(O)CCSC1)Nc1cccc(Cl)c1F. The minimum absolute atomic E-state index is 0.0118. The summed E-state index contributed by atoms with van der Waals surface area (Å²) in [5, 5.41) is 14.9. The maximum Gasteiger partial charge on any atom is 0.319 e. The van der Waals surface area contributed by atoms with E-state index in [1.165, 1.54) is 12.1 Å². The van der Waals surface area contributed by atoms with Crippen LogP contribution in [0.15, 0.2) is 18.2 Å². The molecule has 1 aromatic carbocycles. The van der Waals surface area contributed by atoms with E-state index in [2.05, 4.69) is 10.6 Å². The average molecular weight is 305 g/mol. The molecule has 3 N–H and O–H groups in total. The molecule has 1 aromatic rings. The molecule has 2 amide bonds. The fraction of sp³-hybridized carbons (Fsp3) is 0.417. The number of hydrogen-bond donors (Lipinski definition) is 3. The first-order chi connectivity index (χ1) is 9.00. The summed E-state index contributed by atoms with van der Waals surface area (Å²) in [6.07, 6.45) is 0.642. The van der Waals surface area contributed by atoms with E-state index in [1.54, 1.807) is 17.8 Å². The van der Waals surface area contributed by atoms with E-state index in [0.29, 0.717) is 12.2 Å². The monoisotopic (exact) mass is 304 g/mol. The van der Waals surface area contributed by atoms with Gasteiger partial charge in [0.1, 0.15) is 0 Å². The zero-order valence-electron chi connectivity index (χ0n) is 10.1. The number of rotatable bonds is 3. The number of benzene rings is 1. The number of nitrogens with one attached hydrogen (secondary N) is 2. The number of anilines is 1. The van der Waals surface area contributed by atoms with Gasteiger partial charge in [-0.15, -0.1) is 0 Å². The van der Waals surface area contributed by atoms with Gasteiger partial charge in [0.2, 0.25) is 0 Å². The maximum atomic E-state index is 13.6. The lowest BCUT2D eigenvalue weighted by Crippen LogP contribution is -2.44. The molecule has 4 nitrogen and oxygen atoms in total. The zero-order valence-corrected chi connectivity index (χ0v) is 11.7. The topological polar surface area (TPSA) is 61.4 Å². The van der Waals surface area contributed by atoms with Crippen LogP contribution in [-0.2, 0) is 0 Å². The molecule has 0 aliphatic carbocycles. The van der Waals surface area contributed by atoms with Gasteiger partial charge < -0.3 is 15.7 Å². The van der Waals surface area contributed by atoms with Crippen LogP contribution >= 0.6 is 23.4 Å². The molecule has 0 saturated carbocycles. The summed E-state index contributed by atoms with van der Waals surface area (Å²) >= 11 is 7.25. The second-order valence-electron chi connectivity index (χ2n) is 4.44. The average Bonchev–Trinajstić information content (AvgIpc) is 2.80. The third-order valence-electron chi connectivity index (χ3n) is 2.86. The highest BCUT2D eigenvalue weighted by Crippen LogP contribution is 2.27. The van der Waals surface area contributed by atoms with Crippen molar-refractivity contribution in [2.75, 3.05) is 23.4 Å². The van der Waals surface area contributed by atoms with Gasteiger partial charge in [-0.2, -0.15) is 11.8 Å². The first kappa shape index (κ1) is 14.4. The zero-order chi connectivity index (χ0) is 13.9. The number of hydrogen-bond acceptors (Lipinski definition) is 3. The van der Waals surface area contributed by atoms with E-state index >= 15 is 0 Å². The molecule has 1 fully saturated rings. The van der Waals surface area contributed by atoms with Gasteiger partial charge in [-0.25, -0.2) is 9.18 Å². The van der Waals surface area contributed by atoms with Crippen LogP contribution < -0.4 is 10.6 Å². The standard InChI is InChI=1S/C12H14ClFN2O2S/c13-8-2-1-3-9(10(8)14)16-11(17)15-6-12(18)4-5-19-7-12/h1-3,18H,4-7H2,(H2,15,16,17). The summed E-state index contributed by atoms with van der Waals surface area (Å²) < 4.78 is 13.6. The van der Waals surface area contributed by atoms with Crippen molar-refractivity contribution in [2.45, 2.75) is 12.0 Å². The quantitative estimate of drug-likeness (QED) is 0.804. The Morgan fingerprint density at radius 2 is 2.37 bits per heavy atom. The fourth-order valence-corrected chi connectivity index (χ4v) is 3.22. The van der Waals surface area contributed by atoms with E-state index in [1.807, 2.05) is 0 Å². The molecule has 0 radical (unpaired) electrons. The number of carbonyl (C=O) groups is 1. The van der Waals surface area contributed by atoms with Crippen LogP contribution in [0.2, 0.25) is 5.02 Å². The molecule has 1 heterocycles. The number of thioether (sulfide) groups is 1. The third kappa shape index (κ3) is 3.75. The number of urea groups is 1. The molecule has 2 rings (SSSR count). The third-order valence-corrected chi connectivity index (χ3v) is 4.39. The van der Waals surface area contributed by atoms with Crippen LogP contribution in [0.25, 0.3) is 0 Å². The first-order valence-corrected chi connectivity index (χ1v) is 7.32. The lowest BCUT2D eigenvalue weighted by atomic mass is 10.0. The lowest BCUT2D eigenvalue weighted by molar-refractivity contribution is 0.0706. The molecule has 1 aliphatic rings. The van der Waals surface area contributed by atoms with Gasteiger partial charge >= 0.3 is 6.03 Å². The second kappa shape index (κ2) is 5.98. The summed E-state index contributed by atoms with van der Waals surface area (Å²) in [7, 11) is 0. The Hall–Kier alpha value is -0.980. The highest BCUT2D eigenvalue weighted by Gasteiger charge is 2.31. The molecule has 1 saturated heterocycles. The Kier molecular flexibility index (Phi) is 4.54. The molecule has 0 aromatic heterocycles. The number of halogens is 2. The van der Waals surface area contributed by atoms with Crippen LogP contribution in [0.3, 0.4) is 0 Å². The molecule has 7 heteroatoms. The summed E-state index contributed by atoms with van der Waals surface area (Å²) in [5.41, 5.74) is -0.854. The predicted octanol–water partition coefficient (Wildman–Crippen LogP) is 2.47. The highest BCUT2D eigenvalue weighted by molar-refractivity contribution is 7.99. The summed E-state index contributed by atoms with van der Waals surface area (Å²) in [5.74, 6) is 0.802. The van der Waals surface area contributed by atoms with E-state index < -0.39 is 17.4 Å². The second-order valence-corrected chi connectivity index (χ2v) is 5.95. The van der Waals surface area contributed by atoms with Crippen LogP contribution in [0.5, 0.6) is 0 Å². The van der Waals surface area contributed by atoms with E-state index in [4.69, 9.17) is 11.6 Å². The molecule has 1 unspecified atom stereocenters. The van der Waals surface area contributed by atoms with Crippen molar-refractivity contribution in [1.82, 2.24) is 5.32 Å². The van der Waals surface area contributed by atoms with Crippen molar-refractivity contribution in [3.8, 4) is 0 Å². The Balaban J connectivity index is 1.89. The Labute approximate surface area is 119 Å². The minimum atomic E-state index is -0.866. The smallest absolute Gasteiger partial charge is 0.319 e. The summed E-state index contributed by atoms with van der Waals surface area (Å²) in [4.78, 5) is 11.6. The van der Waals surface area contributed by atoms with Crippen molar-refractivity contribution in [2.24, 2.45) is 0 Å². The Morgan fingerprint density at radius 3 is 3.05 bits per heavy atom. The fourth-order valence-electron chi connectivity index (χ4n) is 1.75. The first-order valence-electron chi connectivity index (χ1n) is 5.79. The summed E-state index contributed by atoms with van der Waals surface area (Å²) in [6.45, 7) is 0.147. The van der Waals surface area contributed by atoms with Gasteiger partial charge in [0.05, 0.1) is 16.3 Å². The van der Waals surface area contributed by atoms with E-state index in [-0.39, 0.29) is 17.3 Å². The van der Waals surface area contributed by atoms with Crippen molar-refractivity contribution in [1.29, 1.82) is 0 Å². The van der Waals surface area contributed by atoms with Gasteiger partial charge in [0, 0.05) is 12.3 Å². The molecular formula is C12H14ClFN2O2S. The van der Waals surface area contributed by atoms with Crippen molar-refractivity contribution in [3.05, 3.63) is 29.0 Å². The van der Waals surface area contributed by atoms with E-state index in [0.717, 1.165) is 5.75 Å². The van der Waals surface area contributed by atoms with Gasteiger partial charge in [0.25, 0.3) is 0 Å². The Morgan fingerprint density at radius 1 is 1.58 bits per heavy atom. The van der Waals surface area contributed by atoms with Crippen LogP contribution in [0.4, 0.5) is 14.9 Å². The van der Waals surface area contributed by atoms with Gasteiger partial charge in [-0.3, -0.25) is 0 Å². The van der Waals surface area contributed by atoms with Gasteiger partial charge in [-0.05, 0) is 24.3 Å². The van der Waals surface area contributed by atoms with Crippen molar-refractivity contribution >= 4 is 35.1 Å². The van der Waals surface area contributed by atoms with Gasteiger partial charge in [0.15, 0.2) is 5.82 Å². The molecule has 0 bridgehead atoms. The normalized spacial score (nSPS) is 22.3. The molecular weight excluding hydrogens is 291 g/mol. The molecule has 0 spiro atoms. The Bertz CT molecular complexity index is 481. The molecule has 1 aliphatic heterocycles. The van der Waals surface area contributed by atoms with Gasteiger partial charge in [-0.1, -0.05) is 17.7 Å². The van der Waals surface area contributed by atoms with Crippen LogP contribution in [0, 0.1) is 5.82 Å². The summed E-state index contributed by atoms with van der Waals surface area (Å²) in [6, 6.07) is 3.80. The maximum absolute atomic E-state index is 13.6. The minimum Gasteiger partial charge on any atom is -0.387 e. The molecule has 104 valence electrons. The predicted molar refractivity (Wildman–Crippen MR) is 75.3 cm³/mol. The lowest BCUT2D eigenvalue weighted by Gasteiger charge is -2.21. The van der Waals surface area contributed by atoms with Crippen molar-refractivity contribution in [3.63, 3.8) is 0 Å². The molecule has 19 heavy (non-hydrogen) atoms. The van der Waals surface area contributed by atoms with Crippen molar-refractivity contribution < 1.29 is 14.3 Å².